The lowest BCUT2D eigenvalue weighted by atomic mass is 10.6. The highest BCUT2D eigenvalue weighted by molar-refractivity contribution is 7.21. The zero-order valence-electron chi connectivity index (χ0n) is 8.23. The van der Waals surface area contributed by atoms with Gasteiger partial charge in [-0.25, -0.2) is 19.7 Å². The monoisotopic (exact) mass is 258 g/mol. The molecular weight excluding hydrogens is 252 g/mol. The maximum atomic E-state index is 11.1. The Morgan fingerprint density at radius 3 is 3.19 bits per heavy atom. The minimum atomic E-state index is -0.541. The van der Waals surface area contributed by atoms with E-state index in [0.29, 0.717) is 22.1 Å². The average molecular weight is 259 g/mol. The smallest absolute Gasteiger partial charge is 0.413 e. The average Bonchev–Trinajstić information content (AvgIpc) is 2.59. The zero-order chi connectivity index (χ0) is 11.5. The highest BCUT2D eigenvalue weighted by atomic mass is 35.5. The standard InChI is InChI=1S/C8H7ClN4O2S/c1-2-15-8(14)13-7-11-4-3-10-6(9)12-5(4)16-7/h3H,2H2,1H3,(H,11,13,14). The molecule has 0 unspecified atom stereocenters. The van der Waals surface area contributed by atoms with Gasteiger partial charge in [0, 0.05) is 0 Å². The van der Waals surface area contributed by atoms with E-state index in [1.54, 1.807) is 6.92 Å². The molecule has 1 N–H and O–H groups in total. The van der Waals surface area contributed by atoms with E-state index in [0.717, 1.165) is 0 Å². The number of ether oxygens (including phenoxy) is 1. The fourth-order valence-corrected chi connectivity index (χ4v) is 2.00. The van der Waals surface area contributed by atoms with E-state index in [9.17, 15) is 4.79 Å². The van der Waals surface area contributed by atoms with Gasteiger partial charge in [0.2, 0.25) is 5.28 Å². The van der Waals surface area contributed by atoms with Crippen LogP contribution in [0, 0.1) is 0 Å². The van der Waals surface area contributed by atoms with Gasteiger partial charge in [-0.2, -0.15) is 0 Å². The predicted molar refractivity (Wildman–Crippen MR) is 60.9 cm³/mol. The van der Waals surface area contributed by atoms with Crippen molar-refractivity contribution in [3.63, 3.8) is 0 Å². The van der Waals surface area contributed by atoms with E-state index >= 15 is 0 Å². The summed E-state index contributed by atoms with van der Waals surface area (Å²) in [6.07, 6.45) is 0.956. The summed E-state index contributed by atoms with van der Waals surface area (Å²) in [6, 6.07) is 0. The molecule has 0 aromatic carbocycles. The van der Waals surface area contributed by atoms with Gasteiger partial charge in [-0.1, -0.05) is 11.3 Å². The fraction of sp³-hybridized carbons (Fsp3) is 0.250. The molecule has 0 radical (unpaired) electrons. The molecule has 0 fully saturated rings. The van der Waals surface area contributed by atoms with Crippen LogP contribution in [0.5, 0.6) is 0 Å². The molecule has 0 spiro atoms. The third kappa shape index (κ3) is 2.37. The summed E-state index contributed by atoms with van der Waals surface area (Å²) in [7, 11) is 0. The molecule has 2 aromatic heterocycles. The van der Waals surface area contributed by atoms with Crippen LogP contribution < -0.4 is 5.32 Å². The number of hydrogen-bond donors (Lipinski definition) is 1. The number of anilines is 1. The molecule has 0 aliphatic rings. The van der Waals surface area contributed by atoms with E-state index in [-0.39, 0.29) is 5.28 Å². The van der Waals surface area contributed by atoms with Gasteiger partial charge in [0.1, 0.15) is 10.3 Å². The number of fused-ring (bicyclic) bond motifs is 1. The Morgan fingerprint density at radius 1 is 1.62 bits per heavy atom. The highest BCUT2D eigenvalue weighted by Gasteiger charge is 2.09. The third-order valence-electron chi connectivity index (χ3n) is 1.61. The Labute approximate surface area is 99.6 Å². The molecule has 2 rings (SSSR count). The first-order chi connectivity index (χ1) is 7.69. The van der Waals surface area contributed by atoms with Crippen molar-refractivity contribution in [1.29, 1.82) is 0 Å². The first kappa shape index (κ1) is 11.0. The molecule has 2 heterocycles. The van der Waals surface area contributed by atoms with Gasteiger partial charge >= 0.3 is 6.09 Å². The maximum absolute atomic E-state index is 11.1. The largest absolute Gasteiger partial charge is 0.450 e. The van der Waals surface area contributed by atoms with E-state index in [2.05, 4.69) is 20.3 Å². The molecule has 0 saturated heterocycles. The Kier molecular flexibility index (Phi) is 3.16. The van der Waals surface area contributed by atoms with Gasteiger partial charge in [0.25, 0.3) is 0 Å². The van der Waals surface area contributed by atoms with E-state index < -0.39 is 6.09 Å². The Bertz CT molecular complexity index is 530. The van der Waals surface area contributed by atoms with Crippen molar-refractivity contribution in [2.75, 3.05) is 11.9 Å². The summed E-state index contributed by atoms with van der Waals surface area (Å²) in [5.74, 6) is 0. The summed E-state index contributed by atoms with van der Waals surface area (Å²) < 4.78 is 4.72. The van der Waals surface area contributed by atoms with E-state index in [1.165, 1.54) is 17.5 Å². The molecule has 8 heteroatoms. The second-order valence-corrected chi connectivity index (χ2v) is 4.01. The summed E-state index contributed by atoms with van der Waals surface area (Å²) >= 11 is 6.84. The van der Waals surface area contributed by atoms with E-state index in [4.69, 9.17) is 16.3 Å². The van der Waals surface area contributed by atoms with E-state index in [1.807, 2.05) is 0 Å². The number of carbonyl (C=O) groups excluding carboxylic acids is 1. The minimum Gasteiger partial charge on any atom is -0.450 e. The van der Waals surface area contributed by atoms with Crippen LogP contribution in [0.15, 0.2) is 6.20 Å². The van der Waals surface area contributed by atoms with Crippen LogP contribution in [0.2, 0.25) is 5.28 Å². The molecular formula is C8H7ClN4O2S. The molecule has 0 aliphatic heterocycles. The molecule has 1 amide bonds. The molecule has 0 aliphatic carbocycles. The number of halogens is 1. The number of nitrogens with one attached hydrogen (secondary N) is 1. The normalized spacial score (nSPS) is 10.4. The zero-order valence-corrected chi connectivity index (χ0v) is 9.80. The Balaban J connectivity index is 2.23. The Morgan fingerprint density at radius 2 is 2.44 bits per heavy atom. The topological polar surface area (TPSA) is 77.0 Å². The molecule has 6 nitrogen and oxygen atoms in total. The van der Waals surface area contributed by atoms with Crippen LogP contribution in [0.1, 0.15) is 6.92 Å². The highest BCUT2D eigenvalue weighted by Crippen LogP contribution is 2.24. The van der Waals surface area contributed by atoms with Gasteiger partial charge in [-0.05, 0) is 18.5 Å². The molecule has 0 atom stereocenters. The van der Waals surface area contributed by atoms with Gasteiger partial charge in [-0.3, -0.25) is 5.32 Å². The van der Waals surface area contributed by atoms with Gasteiger partial charge in [0.05, 0.1) is 12.8 Å². The first-order valence-electron chi connectivity index (χ1n) is 4.42. The number of thiazole rings is 1. The number of nitrogens with zero attached hydrogens (tertiary/aromatic N) is 3. The predicted octanol–water partition coefficient (Wildman–Crippen LogP) is 2.31. The van der Waals surface area contributed by atoms with Crippen LogP contribution in [-0.4, -0.2) is 27.7 Å². The molecule has 0 bridgehead atoms. The van der Waals surface area contributed by atoms with Crippen molar-refractivity contribution in [2.24, 2.45) is 0 Å². The lowest BCUT2D eigenvalue weighted by molar-refractivity contribution is 0.168. The summed E-state index contributed by atoms with van der Waals surface area (Å²) in [5.41, 5.74) is 0.584. The lowest BCUT2D eigenvalue weighted by Gasteiger charge is -1.99. The second kappa shape index (κ2) is 4.58. The van der Waals surface area contributed by atoms with Crippen LogP contribution in [0.4, 0.5) is 9.93 Å². The van der Waals surface area contributed by atoms with Gasteiger partial charge in [0.15, 0.2) is 5.13 Å². The van der Waals surface area contributed by atoms with Crippen LogP contribution in [0.3, 0.4) is 0 Å². The SMILES string of the molecule is CCOC(=O)Nc1nc2cnc(Cl)nc2s1. The van der Waals surface area contributed by atoms with Crippen molar-refractivity contribution in [2.45, 2.75) is 6.92 Å². The third-order valence-corrected chi connectivity index (χ3v) is 2.67. The summed E-state index contributed by atoms with van der Waals surface area (Å²) in [6.45, 7) is 2.03. The lowest BCUT2D eigenvalue weighted by Crippen LogP contribution is -2.12. The summed E-state index contributed by atoms with van der Waals surface area (Å²) in [5, 5.41) is 3.05. The first-order valence-corrected chi connectivity index (χ1v) is 5.61. The summed E-state index contributed by atoms with van der Waals surface area (Å²) in [4.78, 5) is 23.6. The van der Waals surface area contributed by atoms with Crippen LogP contribution in [0.25, 0.3) is 10.3 Å². The van der Waals surface area contributed by atoms with Gasteiger partial charge < -0.3 is 4.74 Å². The van der Waals surface area contributed by atoms with Crippen molar-refractivity contribution in [1.82, 2.24) is 15.0 Å². The molecule has 84 valence electrons. The minimum absolute atomic E-state index is 0.152. The maximum Gasteiger partial charge on any atom is 0.413 e. The Hall–Kier alpha value is -1.47. The van der Waals surface area contributed by atoms with Crippen molar-refractivity contribution in [3.8, 4) is 0 Å². The van der Waals surface area contributed by atoms with Crippen molar-refractivity contribution < 1.29 is 9.53 Å². The van der Waals surface area contributed by atoms with Crippen molar-refractivity contribution in [3.05, 3.63) is 11.5 Å². The fourth-order valence-electron chi connectivity index (χ4n) is 1.02. The molecule has 16 heavy (non-hydrogen) atoms. The second-order valence-electron chi connectivity index (χ2n) is 2.69. The quantitative estimate of drug-likeness (QED) is 0.837. The number of amides is 1. The number of carbonyl (C=O) groups is 1. The van der Waals surface area contributed by atoms with Crippen LogP contribution >= 0.6 is 22.9 Å². The number of aromatic nitrogens is 3. The van der Waals surface area contributed by atoms with Crippen molar-refractivity contribution >= 4 is 44.5 Å². The number of rotatable bonds is 2. The molecule has 0 saturated carbocycles. The number of hydrogen-bond acceptors (Lipinski definition) is 6. The molecule has 2 aromatic rings. The van der Waals surface area contributed by atoms with Crippen LogP contribution in [-0.2, 0) is 4.74 Å². The van der Waals surface area contributed by atoms with Gasteiger partial charge in [-0.15, -0.1) is 0 Å².